The summed E-state index contributed by atoms with van der Waals surface area (Å²) in [4.78, 5) is 0. The average Bonchev–Trinajstić information content (AvgIpc) is 2.49. The quantitative estimate of drug-likeness (QED) is 0.922. The van der Waals surface area contributed by atoms with E-state index in [2.05, 4.69) is 0 Å². The van der Waals surface area contributed by atoms with Gasteiger partial charge in [-0.05, 0) is 48.7 Å². The van der Waals surface area contributed by atoms with E-state index in [1.54, 1.807) is 44.2 Å². The minimum atomic E-state index is -1.30. The first-order valence-electron chi connectivity index (χ1n) is 6.87. The molecule has 0 aromatic heterocycles. The van der Waals surface area contributed by atoms with Crippen LogP contribution in [0.1, 0.15) is 23.6 Å². The fourth-order valence-electron chi connectivity index (χ4n) is 2.41. The van der Waals surface area contributed by atoms with E-state index in [4.69, 9.17) is 9.47 Å². The van der Waals surface area contributed by atoms with Crippen LogP contribution in [0.25, 0.3) is 0 Å². The highest BCUT2D eigenvalue weighted by Gasteiger charge is 2.28. The van der Waals surface area contributed by atoms with Crippen molar-refractivity contribution in [1.82, 2.24) is 0 Å². The van der Waals surface area contributed by atoms with E-state index in [1.807, 2.05) is 0 Å². The molecule has 1 atom stereocenters. The Morgan fingerprint density at radius 2 is 1.62 bits per heavy atom. The number of rotatable bonds is 2. The smallest absolute Gasteiger partial charge is 0.161 e. The molecule has 2 aromatic carbocycles. The predicted molar refractivity (Wildman–Crippen MR) is 77.2 cm³/mol. The van der Waals surface area contributed by atoms with E-state index in [9.17, 15) is 9.50 Å². The van der Waals surface area contributed by atoms with Crippen molar-refractivity contribution in [3.63, 3.8) is 0 Å². The van der Waals surface area contributed by atoms with E-state index >= 15 is 0 Å². The first kappa shape index (κ1) is 13.9. The van der Waals surface area contributed by atoms with Gasteiger partial charge in [-0.25, -0.2) is 4.39 Å². The van der Waals surface area contributed by atoms with Crippen LogP contribution in [-0.2, 0) is 5.60 Å². The van der Waals surface area contributed by atoms with Crippen LogP contribution in [0.2, 0.25) is 0 Å². The zero-order valence-electron chi connectivity index (χ0n) is 12.0. The first-order chi connectivity index (χ1) is 9.98. The Kier molecular flexibility index (Phi) is 3.33. The van der Waals surface area contributed by atoms with Crippen molar-refractivity contribution in [2.45, 2.75) is 19.4 Å². The molecule has 0 bridgehead atoms. The van der Waals surface area contributed by atoms with Crippen molar-refractivity contribution in [1.29, 1.82) is 0 Å². The highest BCUT2D eigenvalue weighted by atomic mass is 19.1. The maximum absolute atomic E-state index is 13.7. The van der Waals surface area contributed by atoms with Gasteiger partial charge >= 0.3 is 0 Å². The average molecular weight is 288 g/mol. The third-order valence-corrected chi connectivity index (χ3v) is 3.84. The molecule has 1 aliphatic heterocycles. The fourth-order valence-corrected chi connectivity index (χ4v) is 2.41. The predicted octanol–water partition coefficient (Wildman–Crippen LogP) is 3.16. The van der Waals surface area contributed by atoms with E-state index in [0.29, 0.717) is 41.4 Å². The van der Waals surface area contributed by atoms with Crippen molar-refractivity contribution >= 4 is 0 Å². The molecular formula is C17H17FO3. The van der Waals surface area contributed by atoms with Crippen molar-refractivity contribution in [3.8, 4) is 11.5 Å². The molecule has 1 aliphatic rings. The van der Waals surface area contributed by atoms with Gasteiger partial charge in [0, 0.05) is 0 Å². The topological polar surface area (TPSA) is 38.7 Å². The van der Waals surface area contributed by atoms with Gasteiger partial charge in [-0.3, -0.25) is 0 Å². The van der Waals surface area contributed by atoms with Gasteiger partial charge in [0.05, 0.1) is 0 Å². The Morgan fingerprint density at radius 1 is 1.00 bits per heavy atom. The van der Waals surface area contributed by atoms with E-state index in [-0.39, 0.29) is 5.82 Å². The summed E-state index contributed by atoms with van der Waals surface area (Å²) in [5.74, 6) is 0.938. The summed E-state index contributed by atoms with van der Waals surface area (Å²) in [5.41, 5.74) is 0.388. The molecule has 3 rings (SSSR count). The van der Waals surface area contributed by atoms with Crippen LogP contribution in [0.5, 0.6) is 11.5 Å². The second kappa shape index (κ2) is 5.04. The lowest BCUT2D eigenvalue weighted by Gasteiger charge is -2.27. The number of aryl methyl sites for hydroxylation is 1. The number of halogens is 1. The summed E-state index contributed by atoms with van der Waals surface area (Å²) in [5, 5.41) is 10.8. The van der Waals surface area contributed by atoms with Crippen LogP contribution < -0.4 is 9.47 Å². The van der Waals surface area contributed by atoms with Crippen molar-refractivity contribution in [2.75, 3.05) is 13.2 Å². The summed E-state index contributed by atoms with van der Waals surface area (Å²) >= 11 is 0. The van der Waals surface area contributed by atoms with Gasteiger partial charge in [0.1, 0.15) is 24.6 Å². The minimum Gasteiger partial charge on any atom is -0.486 e. The lowest BCUT2D eigenvalue weighted by molar-refractivity contribution is 0.100. The highest BCUT2D eigenvalue weighted by molar-refractivity contribution is 5.48. The van der Waals surface area contributed by atoms with Crippen LogP contribution in [0, 0.1) is 12.7 Å². The Labute approximate surface area is 122 Å². The summed E-state index contributed by atoms with van der Waals surface area (Å²) in [7, 11) is 0. The monoisotopic (exact) mass is 288 g/mol. The van der Waals surface area contributed by atoms with Gasteiger partial charge in [-0.2, -0.15) is 0 Å². The molecule has 1 heterocycles. The third kappa shape index (κ3) is 2.47. The highest BCUT2D eigenvalue weighted by Crippen LogP contribution is 2.37. The number of benzene rings is 2. The number of fused-ring (bicyclic) bond motifs is 1. The molecule has 0 aliphatic carbocycles. The van der Waals surface area contributed by atoms with Crippen LogP contribution in [0.15, 0.2) is 36.4 Å². The summed E-state index contributed by atoms with van der Waals surface area (Å²) in [6.45, 7) is 4.34. The van der Waals surface area contributed by atoms with Gasteiger partial charge in [0.15, 0.2) is 11.5 Å². The van der Waals surface area contributed by atoms with Gasteiger partial charge in [0.2, 0.25) is 0 Å². The summed E-state index contributed by atoms with van der Waals surface area (Å²) in [6, 6.07) is 10.0. The SMILES string of the molecule is Cc1ccc(C(C)(O)c2ccc3c(c2)OCCO3)cc1F. The lowest BCUT2D eigenvalue weighted by atomic mass is 9.87. The Balaban J connectivity index is 2.02. The van der Waals surface area contributed by atoms with Crippen LogP contribution in [-0.4, -0.2) is 18.3 Å². The van der Waals surface area contributed by atoms with Crippen molar-refractivity contribution in [3.05, 3.63) is 58.9 Å². The van der Waals surface area contributed by atoms with Crippen LogP contribution in [0.3, 0.4) is 0 Å². The Morgan fingerprint density at radius 3 is 2.33 bits per heavy atom. The molecule has 4 heteroatoms. The van der Waals surface area contributed by atoms with E-state index in [1.165, 1.54) is 6.07 Å². The molecule has 0 saturated heterocycles. The van der Waals surface area contributed by atoms with E-state index in [0.717, 1.165) is 0 Å². The Bertz CT molecular complexity index is 680. The van der Waals surface area contributed by atoms with Crippen molar-refractivity contribution < 1.29 is 19.0 Å². The number of aliphatic hydroxyl groups is 1. The fraction of sp³-hybridized carbons (Fsp3) is 0.294. The number of hydrogen-bond acceptors (Lipinski definition) is 3. The zero-order valence-corrected chi connectivity index (χ0v) is 12.0. The molecular weight excluding hydrogens is 271 g/mol. The summed E-state index contributed by atoms with van der Waals surface area (Å²) < 4.78 is 24.7. The first-order valence-corrected chi connectivity index (χ1v) is 6.87. The maximum atomic E-state index is 13.7. The standard InChI is InChI=1S/C17H17FO3/c1-11-3-4-12(9-14(11)18)17(2,19)13-5-6-15-16(10-13)21-8-7-20-15/h3-6,9-10,19H,7-8H2,1-2H3. The zero-order chi connectivity index (χ0) is 15.0. The molecule has 1 N–H and O–H groups in total. The van der Waals surface area contributed by atoms with Crippen LogP contribution in [0.4, 0.5) is 4.39 Å². The van der Waals surface area contributed by atoms with Crippen LogP contribution >= 0.6 is 0 Å². The minimum absolute atomic E-state index is 0.328. The Hall–Kier alpha value is -2.07. The van der Waals surface area contributed by atoms with Gasteiger partial charge < -0.3 is 14.6 Å². The maximum Gasteiger partial charge on any atom is 0.161 e. The lowest BCUT2D eigenvalue weighted by Crippen LogP contribution is -2.24. The normalized spacial score (nSPS) is 16.4. The van der Waals surface area contributed by atoms with Gasteiger partial charge in [-0.1, -0.05) is 18.2 Å². The van der Waals surface area contributed by atoms with Gasteiger partial charge in [-0.15, -0.1) is 0 Å². The van der Waals surface area contributed by atoms with Gasteiger partial charge in [0.25, 0.3) is 0 Å². The molecule has 2 aromatic rings. The number of ether oxygens (including phenoxy) is 2. The molecule has 21 heavy (non-hydrogen) atoms. The molecule has 110 valence electrons. The molecule has 1 unspecified atom stereocenters. The largest absolute Gasteiger partial charge is 0.486 e. The molecule has 0 fully saturated rings. The van der Waals surface area contributed by atoms with Crippen molar-refractivity contribution in [2.24, 2.45) is 0 Å². The second-order valence-electron chi connectivity index (χ2n) is 5.39. The molecule has 0 saturated carbocycles. The molecule has 3 nitrogen and oxygen atoms in total. The number of hydrogen-bond donors (Lipinski definition) is 1. The molecule has 0 amide bonds. The summed E-state index contributed by atoms with van der Waals surface area (Å²) in [6.07, 6.45) is 0. The molecule has 0 radical (unpaired) electrons. The third-order valence-electron chi connectivity index (χ3n) is 3.84. The second-order valence-corrected chi connectivity index (χ2v) is 5.39. The molecule has 0 spiro atoms. The van der Waals surface area contributed by atoms with E-state index < -0.39 is 5.60 Å².